The van der Waals surface area contributed by atoms with Crippen LogP contribution < -0.4 is 5.32 Å². The summed E-state index contributed by atoms with van der Waals surface area (Å²) in [5.74, 6) is 0.556. The molecule has 2 aromatic heterocycles. The fourth-order valence-corrected chi connectivity index (χ4v) is 5.06. The molecule has 2 aromatic rings. The number of thiophene rings is 1. The van der Waals surface area contributed by atoms with E-state index >= 15 is 0 Å². The Bertz CT molecular complexity index is 719. The first-order valence-corrected chi connectivity index (χ1v) is 9.01. The van der Waals surface area contributed by atoms with Crippen LogP contribution in [0, 0.1) is 5.92 Å². The molecule has 3 aliphatic rings. The highest BCUT2D eigenvalue weighted by molar-refractivity contribution is 7.83. The maximum absolute atomic E-state index is 12.6. The van der Waals surface area contributed by atoms with Gasteiger partial charge >= 0.3 is 0 Å². The number of piperidine rings is 3. The van der Waals surface area contributed by atoms with Gasteiger partial charge in [0.25, 0.3) is 5.91 Å². The average Bonchev–Trinajstić information content (AvgIpc) is 2.90. The second-order valence-electron chi connectivity index (χ2n) is 6.31. The van der Waals surface area contributed by atoms with Gasteiger partial charge in [0.1, 0.15) is 5.69 Å². The first-order chi connectivity index (χ1) is 10.6. The lowest BCUT2D eigenvalue weighted by Gasteiger charge is -2.49. The van der Waals surface area contributed by atoms with Crippen molar-refractivity contribution in [1.29, 1.82) is 0 Å². The largest absolute Gasteiger partial charge is 0.346 e. The minimum atomic E-state index is -0.0541. The number of carbonyl (C=O) groups is 1. The number of pyridine rings is 1. The summed E-state index contributed by atoms with van der Waals surface area (Å²) in [5, 5.41) is 4.27. The van der Waals surface area contributed by atoms with Gasteiger partial charge in [-0.25, -0.2) is 0 Å². The van der Waals surface area contributed by atoms with Crippen LogP contribution in [0.4, 0.5) is 0 Å². The molecule has 3 aliphatic heterocycles. The van der Waals surface area contributed by atoms with Crippen LogP contribution >= 0.6 is 24.0 Å². The van der Waals surface area contributed by atoms with Crippen LogP contribution in [0.3, 0.4) is 0 Å². The van der Waals surface area contributed by atoms with Gasteiger partial charge in [-0.15, -0.1) is 24.0 Å². The van der Waals surface area contributed by atoms with Crippen molar-refractivity contribution in [3.63, 3.8) is 0 Å². The van der Waals surface area contributed by atoms with Gasteiger partial charge in [0.2, 0.25) is 0 Å². The number of nitrogens with one attached hydrogen (secondary N) is 1. The van der Waals surface area contributed by atoms with E-state index in [1.807, 2.05) is 12.1 Å². The number of rotatable bonds is 2. The standard InChI is InChI=1S/C16H19N3OS2/c1-9-15(10-2-4-19(9)5-3-10)18-16(20)12-7-13-11(8-17-12)6-14(21)22-13/h6-10,15,21H,2-5H2,1H3,(H,18,20)/t9-,15-/m0/s1. The van der Waals surface area contributed by atoms with Gasteiger partial charge in [-0.1, -0.05) is 0 Å². The molecule has 6 heteroatoms. The summed E-state index contributed by atoms with van der Waals surface area (Å²) in [6.45, 7) is 4.56. The summed E-state index contributed by atoms with van der Waals surface area (Å²) in [5.41, 5.74) is 0.506. The Morgan fingerprint density at radius 2 is 2.18 bits per heavy atom. The van der Waals surface area contributed by atoms with Crippen molar-refractivity contribution in [2.24, 2.45) is 5.92 Å². The minimum absolute atomic E-state index is 0.0541. The highest BCUT2D eigenvalue weighted by atomic mass is 32.2. The zero-order valence-electron chi connectivity index (χ0n) is 12.5. The van der Waals surface area contributed by atoms with E-state index in [9.17, 15) is 4.79 Å². The molecule has 4 nitrogen and oxygen atoms in total. The highest BCUT2D eigenvalue weighted by Crippen LogP contribution is 2.32. The van der Waals surface area contributed by atoms with Crippen molar-refractivity contribution in [1.82, 2.24) is 15.2 Å². The number of fused-ring (bicyclic) bond motifs is 4. The van der Waals surface area contributed by atoms with Crippen LogP contribution in [0.2, 0.25) is 0 Å². The predicted molar refractivity (Wildman–Crippen MR) is 91.9 cm³/mol. The smallest absolute Gasteiger partial charge is 0.270 e. The van der Waals surface area contributed by atoms with E-state index in [0.29, 0.717) is 17.7 Å². The highest BCUT2D eigenvalue weighted by Gasteiger charge is 2.40. The Kier molecular flexibility index (Phi) is 3.63. The molecule has 3 saturated heterocycles. The summed E-state index contributed by atoms with van der Waals surface area (Å²) in [6.07, 6.45) is 4.14. The van der Waals surface area contributed by atoms with Gasteiger partial charge < -0.3 is 5.32 Å². The van der Waals surface area contributed by atoms with Crippen LogP contribution in [-0.2, 0) is 0 Å². The summed E-state index contributed by atoms with van der Waals surface area (Å²) in [7, 11) is 0. The van der Waals surface area contributed by atoms with Gasteiger partial charge in [-0.2, -0.15) is 0 Å². The second kappa shape index (κ2) is 5.51. The van der Waals surface area contributed by atoms with Crippen LogP contribution in [0.25, 0.3) is 10.1 Å². The molecule has 0 saturated carbocycles. The van der Waals surface area contributed by atoms with Crippen molar-refractivity contribution < 1.29 is 4.79 Å². The van der Waals surface area contributed by atoms with E-state index in [-0.39, 0.29) is 11.9 Å². The summed E-state index contributed by atoms with van der Waals surface area (Å²) in [6, 6.07) is 4.52. The molecule has 0 aliphatic carbocycles. The zero-order valence-corrected chi connectivity index (χ0v) is 14.2. The summed E-state index contributed by atoms with van der Waals surface area (Å²) < 4.78 is 2.01. The van der Waals surface area contributed by atoms with Gasteiger partial charge in [-0.3, -0.25) is 14.7 Å². The van der Waals surface area contributed by atoms with Crippen molar-refractivity contribution >= 4 is 40.0 Å². The third kappa shape index (κ3) is 2.43. The molecule has 1 amide bonds. The molecule has 0 spiro atoms. The Labute approximate surface area is 139 Å². The molecule has 0 unspecified atom stereocenters. The van der Waals surface area contributed by atoms with E-state index in [1.54, 1.807) is 17.5 Å². The van der Waals surface area contributed by atoms with Crippen molar-refractivity contribution in [3.05, 3.63) is 24.0 Å². The van der Waals surface area contributed by atoms with Gasteiger partial charge in [0, 0.05) is 28.4 Å². The fraction of sp³-hybridized carbons (Fsp3) is 0.500. The van der Waals surface area contributed by atoms with Crippen LogP contribution in [0.5, 0.6) is 0 Å². The molecule has 3 fully saturated rings. The molecule has 2 atom stereocenters. The normalized spacial score (nSPS) is 30.6. The number of hydrogen-bond acceptors (Lipinski definition) is 5. The molecule has 5 heterocycles. The fourth-order valence-electron chi connectivity index (χ4n) is 3.81. The molecular weight excluding hydrogens is 314 g/mol. The molecule has 22 heavy (non-hydrogen) atoms. The van der Waals surface area contributed by atoms with E-state index < -0.39 is 0 Å². The second-order valence-corrected chi connectivity index (χ2v) is 8.17. The molecule has 116 valence electrons. The van der Waals surface area contributed by atoms with Crippen LogP contribution in [-0.4, -0.2) is 41.0 Å². The first kappa shape index (κ1) is 14.5. The number of nitrogens with zero attached hydrogens (tertiary/aromatic N) is 2. The monoisotopic (exact) mass is 333 g/mol. The first-order valence-electron chi connectivity index (χ1n) is 7.75. The summed E-state index contributed by atoms with van der Waals surface area (Å²) in [4.78, 5) is 19.4. The number of hydrogen-bond donors (Lipinski definition) is 2. The Morgan fingerprint density at radius 3 is 2.91 bits per heavy atom. The van der Waals surface area contributed by atoms with Crippen molar-refractivity contribution in [2.75, 3.05) is 13.1 Å². The van der Waals surface area contributed by atoms with E-state index in [0.717, 1.165) is 14.3 Å². The Hall–Kier alpha value is -1.11. The molecule has 5 rings (SSSR count). The van der Waals surface area contributed by atoms with Crippen LogP contribution in [0.1, 0.15) is 30.3 Å². The molecule has 0 aromatic carbocycles. The van der Waals surface area contributed by atoms with Crippen molar-refractivity contribution in [2.45, 2.75) is 36.1 Å². The lowest BCUT2D eigenvalue weighted by Crippen LogP contribution is -2.62. The Balaban J connectivity index is 1.55. The lowest BCUT2D eigenvalue weighted by atomic mass is 9.79. The third-order valence-electron chi connectivity index (χ3n) is 5.10. The van der Waals surface area contributed by atoms with Crippen molar-refractivity contribution in [3.8, 4) is 0 Å². The molecule has 2 bridgehead atoms. The maximum Gasteiger partial charge on any atom is 0.270 e. The maximum atomic E-state index is 12.6. The number of thiol groups is 1. The van der Waals surface area contributed by atoms with E-state index in [1.165, 1.54) is 25.9 Å². The topological polar surface area (TPSA) is 45.2 Å². The SMILES string of the molecule is C[C@H]1[C@H](NC(=O)c2cc3sc(S)cc3cn2)C2CCN1CC2. The lowest BCUT2D eigenvalue weighted by molar-refractivity contribution is 0.0216. The molecular formula is C16H19N3OS2. The van der Waals surface area contributed by atoms with E-state index in [4.69, 9.17) is 0 Å². The van der Waals surface area contributed by atoms with Gasteiger partial charge in [0.15, 0.2) is 0 Å². The summed E-state index contributed by atoms with van der Waals surface area (Å²) >= 11 is 5.94. The molecule has 1 N–H and O–H groups in total. The number of amides is 1. The Morgan fingerprint density at radius 1 is 1.41 bits per heavy atom. The van der Waals surface area contributed by atoms with E-state index in [2.05, 4.69) is 34.8 Å². The zero-order chi connectivity index (χ0) is 15.3. The average molecular weight is 333 g/mol. The number of aromatic nitrogens is 1. The predicted octanol–water partition coefficient (Wildman–Crippen LogP) is 2.80. The van der Waals surface area contributed by atoms with Crippen LogP contribution in [0.15, 0.2) is 22.5 Å². The third-order valence-corrected chi connectivity index (χ3v) is 6.40. The quantitative estimate of drug-likeness (QED) is 0.831. The number of carbonyl (C=O) groups excluding carboxylic acids is 1. The molecule has 0 radical (unpaired) electrons. The minimum Gasteiger partial charge on any atom is -0.346 e. The van der Waals surface area contributed by atoms with Gasteiger partial charge in [0.05, 0.1) is 4.21 Å². The van der Waals surface area contributed by atoms with Gasteiger partial charge in [-0.05, 0) is 50.9 Å².